The van der Waals surface area contributed by atoms with Crippen LogP contribution in [0, 0.1) is 0 Å². The summed E-state index contributed by atoms with van der Waals surface area (Å²) in [5.74, 6) is -0.0934. The Morgan fingerprint density at radius 2 is 2.04 bits per heavy atom. The second kappa shape index (κ2) is 6.93. The van der Waals surface area contributed by atoms with E-state index in [2.05, 4.69) is 10.6 Å². The van der Waals surface area contributed by atoms with Gasteiger partial charge in [-0.05, 0) is 30.7 Å². The Balaban J connectivity index is 1.62. The molecule has 2 aromatic carbocycles. The minimum absolute atomic E-state index is 0.0505. The van der Waals surface area contributed by atoms with E-state index in [0.717, 1.165) is 5.56 Å². The third-order valence-corrected chi connectivity index (χ3v) is 4.04. The van der Waals surface area contributed by atoms with E-state index in [-0.39, 0.29) is 24.3 Å². The molecule has 0 bridgehead atoms. The van der Waals surface area contributed by atoms with Crippen LogP contribution in [-0.4, -0.2) is 17.9 Å². The molecule has 2 unspecified atom stereocenters. The highest BCUT2D eigenvalue weighted by Gasteiger charge is 2.30. The first-order valence-corrected chi connectivity index (χ1v) is 8.02. The zero-order valence-electron chi connectivity index (χ0n) is 13.1. The van der Waals surface area contributed by atoms with Crippen LogP contribution in [0.25, 0.3) is 0 Å². The molecule has 0 fully saturated rings. The van der Waals surface area contributed by atoms with Crippen LogP contribution in [-0.2, 0) is 9.59 Å². The molecule has 1 aliphatic heterocycles. The number of benzene rings is 2. The number of carbonyl (C=O) groups excluding carboxylic acids is 2. The van der Waals surface area contributed by atoms with Crippen LogP contribution in [0.15, 0.2) is 48.5 Å². The maximum atomic E-state index is 12.2. The van der Waals surface area contributed by atoms with Crippen LogP contribution in [0.4, 0.5) is 5.69 Å². The first kappa shape index (κ1) is 16.3. The summed E-state index contributed by atoms with van der Waals surface area (Å²) in [7, 11) is 0. The summed E-state index contributed by atoms with van der Waals surface area (Å²) < 4.78 is 5.63. The van der Waals surface area contributed by atoms with E-state index in [1.54, 1.807) is 18.2 Å². The monoisotopic (exact) mass is 344 g/mol. The second-order valence-electron chi connectivity index (χ2n) is 5.64. The molecule has 5 nitrogen and oxygen atoms in total. The van der Waals surface area contributed by atoms with Gasteiger partial charge in [0.1, 0.15) is 5.75 Å². The van der Waals surface area contributed by atoms with Crippen molar-refractivity contribution in [3.05, 3.63) is 59.1 Å². The lowest BCUT2D eigenvalue weighted by atomic mass is 10.1. The Morgan fingerprint density at radius 1 is 1.29 bits per heavy atom. The normalized spacial score (nSPS) is 17.2. The van der Waals surface area contributed by atoms with Crippen molar-refractivity contribution in [2.75, 3.05) is 5.32 Å². The van der Waals surface area contributed by atoms with Gasteiger partial charge >= 0.3 is 0 Å². The quantitative estimate of drug-likeness (QED) is 0.894. The maximum absolute atomic E-state index is 12.2. The SMILES string of the molecule is CC(NC(=O)CC1Oc2ccc(Cl)cc2NC1=O)c1ccccc1. The standard InChI is InChI=1S/C18H17ClN2O3/c1-11(12-5-3-2-4-6-12)20-17(22)10-16-18(23)21-14-9-13(19)7-8-15(14)24-16/h2-9,11,16H,10H2,1H3,(H,20,22)(H,21,23). The molecular weight excluding hydrogens is 328 g/mol. The molecule has 0 aliphatic carbocycles. The molecule has 1 heterocycles. The number of anilines is 1. The predicted molar refractivity (Wildman–Crippen MR) is 92.1 cm³/mol. The topological polar surface area (TPSA) is 67.4 Å². The molecule has 0 aromatic heterocycles. The van der Waals surface area contributed by atoms with Gasteiger partial charge in [0.2, 0.25) is 5.91 Å². The highest BCUT2D eigenvalue weighted by molar-refractivity contribution is 6.31. The zero-order chi connectivity index (χ0) is 17.1. The third-order valence-electron chi connectivity index (χ3n) is 3.81. The van der Waals surface area contributed by atoms with E-state index in [1.807, 2.05) is 37.3 Å². The number of fused-ring (bicyclic) bond motifs is 1. The average molecular weight is 345 g/mol. The molecule has 0 saturated carbocycles. The average Bonchev–Trinajstić information content (AvgIpc) is 2.56. The fourth-order valence-electron chi connectivity index (χ4n) is 2.55. The number of hydrogen-bond donors (Lipinski definition) is 2. The number of nitrogens with one attached hydrogen (secondary N) is 2. The summed E-state index contributed by atoms with van der Waals surface area (Å²) in [5, 5.41) is 6.09. The lowest BCUT2D eigenvalue weighted by Gasteiger charge is -2.26. The van der Waals surface area contributed by atoms with Crippen molar-refractivity contribution >= 4 is 29.1 Å². The second-order valence-corrected chi connectivity index (χ2v) is 6.08. The van der Waals surface area contributed by atoms with Crippen molar-refractivity contribution in [3.8, 4) is 5.75 Å². The number of halogens is 1. The predicted octanol–water partition coefficient (Wildman–Crippen LogP) is 3.31. The van der Waals surface area contributed by atoms with Crippen LogP contribution in [0.2, 0.25) is 5.02 Å². The number of amides is 2. The van der Waals surface area contributed by atoms with Crippen molar-refractivity contribution in [1.82, 2.24) is 5.32 Å². The highest BCUT2D eigenvalue weighted by atomic mass is 35.5. The molecule has 2 amide bonds. The Morgan fingerprint density at radius 3 is 2.79 bits per heavy atom. The Kier molecular flexibility index (Phi) is 4.71. The Labute approximate surface area is 145 Å². The molecule has 2 N–H and O–H groups in total. The minimum atomic E-state index is -0.860. The number of rotatable bonds is 4. The van der Waals surface area contributed by atoms with E-state index >= 15 is 0 Å². The van der Waals surface area contributed by atoms with E-state index in [1.165, 1.54) is 0 Å². The minimum Gasteiger partial charge on any atom is -0.478 e. The first-order valence-electron chi connectivity index (χ1n) is 7.64. The lowest BCUT2D eigenvalue weighted by Crippen LogP contribution is -2.41. The highest BCUT2D eigenvalue weighted by Crippen LogP contribution is 2.32. The van der Waals surface area contributed by atoms with Crippen molar-refractivity contribution in [1.29, 1.82) is 0 Å². The number of hydrogen-bond acceptors (Lipinski definition) is 3. The van der Waals surface area contributed by atoms with Gasteiger partial charge in [-0.2, -0.15) is 0 Å². The van der Waals surface area contributed by atoms with Gasteiger partial charge in [-0.25, -0.2) is 0 Å². The zero-order valence-corrected chi connectivity index (χ0v) is 13.8. The van der Waals surface area contributed by atoms with Gasteiger partial charge in [0.15, 0.2) is 6.10 Å². The van der Waals surface area contributed by atoms with Crippen LogP contribution in [0.5, 0.6) is 5.75 Å². The van der Waals surface area contributed by atoms with Crippen molar-refractivity contribution in [2.45, 2.75) is 25.5 Å². The van der Waals surface area contributed by atoms with E-state index in [9.17, 15) is 9.59 Å². The van der Waals surface area contributed by atoms with E-state index in [0.29, 0.717) is 16.5 Å². The maximum Gasteiger partial charge on any atom is 0.266 e. The van der Waals surface area contributed by atoms with Crippen LogP contribution < -0.4 is 15.4 Å². The van der Waals surface area contributed by atoms with Crippen LogP contribution in [0.1, 0.15) is 24.9 Å². The van der Waals surface area contributed by atoms with Gasteiger partial charge in [-0.1, -0.05) is 41.9 Å². The molecule has 0 spiro atoms. The molecule has 124 valence electrons. The summed E-state index contributed by atoms with van der Waals surface area (Å²) in [6.45, 7) is 1.90. The van der Waals surface area contributed by atoms with Crippen molar-refractivity contribution in [2.24, 2.45) is 0 Å². The Bertz CT molecular complexity index is 764. The van der Waals surface area contributed by atoms with Gasteiger partial charge in [0.05, 0.1) is 18.2 Å². The summed E-state index contributed by atoms with van der Waals surface area (Å²) >= 11 is 5.89. The molecular formula is C18H17ClN2O3. The fourth-order valence-corrected chi connectivity index (χ4v) is 2.72. The van der Waals surface area contributed by atoms with Gasteiger partial charge < -0.3 is 15.4 Å². The smallest absolute Gasteiger partial charge is 0.266 e. The largest absolute Gasteiger partial charge is 0.478 e. The third kappa shape index (κ3) is 3.68. The molecule has 2 atom stereocenters. The summed E-state index contributed by atoms with van der Waals surface area (Å²) in [6, 6.07) is 14.4. The van der Waals surface area contributed by atoms with Crippen LogP contribution >= 0.6 is 11.6 Å². The van der Waals surface area contributed by atoms with Gasteiger partial charge in [-0.3, -0.25) is 9.59 Å². The summed E-state index contributed by atoms with van der Waals surface area (Å²) in [6.07, 6.45) is -0.910. The van der Waals surface area contributed by atoms with E-state index < -0.39 is 6.10 Å². The van der Waals surface area contributed by atoms with Gasteiger partial charge in [0, 0.05) is 5.02 Å². The lowest BCUT2D eigenvalue weighted by molar-refractivity contribution is -0.130. The molecule has 6 heteroatoms. The molecule has 3 rings (SSSR count). The van der Waals surface area contributed by atoms with Crippen molar-refractivity contribution < 1.29 is 14.3 Å². The van der Waals surface area contributed by atoms with Gasteiger partial charge in [-0.15, -0.1) is 0 Å². The first-order chi connectivity index (χ1) is 11.5. The molecule has 0 saturated heterocycles. The number of ether oxygens (including phenoxy) is 1. The molecule has 1 aliphatic rings. The summed E-state index contributed by atoms with van der Waals surface area (Å²) in [4.78, 5) is 24.3. The molecule has 2 aromatic rings. The Hall–Kier alpha value is -2.53. The van der Waals surface area contributed by atoms with Gasteiger partial charge in [0.25, 0.3) is 5.91 Å². The van der Waals surface area contributed by atoms with E-state index in [4.69, 9.17) is 16.3 Å². The van der Waals surface area contributed by atoms with Crippen LogP contribution in [0.3, 0.4) is 0 Å². The number of carbonyl (C=O) groups is 2. The summed E-state index contributed by atoms with van der Waals surface area (Å²) in [5.41, 5.74) is 1.52. The fraction of sp³-hybridized carbons (Fsp3) is 0.222. The molecule has 0 radical (unpaired) electrons. The molecule has 24 heavy (non-hydrogen) atoms. The van der Waals surface area contributed by atoms with Crippen molar-refractivity contribution in [3.63, 3.8) is 0 Å².